The Morgan fingerprint density at radius 1 is 1.29 bits per heavy atom. The average molecular weight is 274 g/mol. The Labute approximate surface area is 113 Å². The van der Waals surface area contributed by atoms with Gasteiger partial charge in [0.15, 0.2) is 5.78 Å². The highest BCUT2D eigenvalue weighted by molar-refractivity contribution is 6.42. The molecule has 0 heterocycles. The maximum Gasteiger partial charge on any atom is 0.156 e. The van der Waals surface area contributed by atoms with Gasteiger partial charge >= 0.3 is 0 Å². The van der Waals surface area contributed by atoms with Crippen LogP contribution in [-0.2, 0) is 11.2 Å². The molecule has 0 aromatic heterocycles. The van der Waals surface area contributed by atoms with E-state index in [4.69, 9.17) is 23.2 Å². The Kier molecular flexibility index (Phi) is 4.59. The van der Waals surface area contributed by atoms with Gasteiger partial charge in [-0.05, 0) is 39.6 Å². The van der Waals surface area contributed by atoms with Crippen molar-refractivity contribution in [1.82, 2.24) is 4.90 Å². The maximum absolute atomic E-state index is 12.2. The molecule has 0 atom stereocenters. The third kappa shape index (κ3) is 3.21. The van der Waals surface area contributed by atoms with Gasteiger partial charge in [0.25, 0.3) is 0 Å². The van der Waals surface area contributed by atoms with Crippen molar-refractivity contribution in [2.24, 2.45) is 0 Å². The van der Waals surface area contributed by atoms with Crippen LogP contribution in [0.3, 0.4) is 0 Å². The van der Waals surface area contributed by atoms with Gasteiger partial charge in [0.1, 0.15) is 0 Å². The lowest BCUT2D eigenvalue weighted by molar-refractivity contribution is -0.127. The molecule has 17 heavy (non-hydrogen) atoms. The summed E-state index contributed by atoms with van der Waals surface area (Å²) in [4.78, 5) is 14.1. The second-order valence-electron chi connectivity index (χ2n) is 4.77. The molecule has 94 valence electrons. The van der Waals surface area contributed by atoms with Gasteiger partial charge in [0.2, 0.25) is 0 Å². The number of carbonyl (C=O) groups excluding carboxylic acids is 1. The van der Waals surface area contributed by atoms with Crippen molar-refractivity contribution in [2.75, 3.05) is 14.1 Å². The highest BCUT2D eigenvalue weighted by atomic mass is 35.5. The maximum atomic E-state index is 12.2. The van der Waals surface area contributed by atoms with Crippen LogP contribution >= 0.6 is 23.2 Å². The third-order valence-corrected chi connectivity index (χ3v) is 4.04. The van der Waals surface area contributed by atoms with Crippen LogP contribution in [0.4, 0.5) is 0 Å². The Bertz CT molecular complexity index is 427. The largest absolute Gasteiger partial charge is 0.298 e. The standard InChI is InChI=1S/C13H17Cl2NO/c1-13(2,16(3)4)11(17)8-9-6-5-7-10(14)12(9)15/h5-7H,8H2,1-4H3. The van der Waals surface area contributed by atoms with Crippen molar-refractivity contribution in [3.8, 4) is 0 Å². The number of likely N-dealkylation sites (N-methyl/N-ethyl adjacent to an activating group) is 1. The summed E-state index contributed by atoms with van der Waals surface area (Å²) in [5, 5.41) is 0.955. The second kappa shape index (κ2) is 5.38. The molecule has 0 saturated heterocycles. The molecule has 2 nitrogen and oxygen atoms in total. The summed E-state index contributed by atoms with van der Waals surface area (Å²) in [5.74, 6) is 0.117. The molecule has 0 spiro atoms. The van der Waals surface area contributed by atoms with Crippen LogP contribution in [0.1, 0.15) is 19.4 Å². The molecule has 0 N–H and O–H groups in total. The number of rotatable bonds is 4. The van der Waals surface area contributed by atoms with Crippen molar-refractivity contribution >= 4 is 29.0 Å². The first-order valence-corrected chi connectivity index (χ1v) is 6.16. The Morgan fingerprint density at radius 2 is 1.88 bits per heavy atom. The predicted molar refractivity (Wildman–Crippen MR) is 72.9 cm³/mol. The van der Waals surface area contributed by atoms with E-state index in [0.29, 0.717) is 16.5 Å². The molecule has 0 saturated carbocycles. The first-order valence-electron chi connectivity index (χ1n) is 5.40. The lowest BCUT2D eigenvalue weighted by Crippen LogP contribution is -2.46. The Hall–Kier alpha value is -0.570. The van der Waals surface area contributed by atoms with Crippen molar-refractivity contribution < 1.29 is 4.79 Å². The van der Waals surface area contributed by atoms with Crippen LogP contribution in [0.15, 0.2) is 18.2 Å². The van der Waals surface area contributed by atoms with E-state index in [1.807, 2.05) is 38.9 Å². The number of halogens is 2. The Balaban J connectivity index is 2.93. The van der Waals surface area contributed by atoms with Crippen LogP contribution in [0.5, 0.6) is 0 Å². The molecule has 1 aromatic carbocycles. The summed E-state index contributed by atoms with van der Waals surface area (Å²) in [6.45, 7) is 3.79. The molecule has 0 fully saturated rings. The van der Waals surface area contributed by atoms with Gasteiger partial charge < -0.3 is 0 Å². The van der Waals surface area contributed by atoms with E-state index in [1.54, 1.807) is 12.1 Å². The van der Waals surface area contributed by atoms with Gasteiger partial charge in [-0.25, -0.2) is 0 Å². The fourth-order valence-corrected chi connectivity index (χ4v) is 1.71. The first-order chi connectivity index (χ1) is 7.76. The van der Waals surface area contributed by atoms with E-state index in [2.05, 4.69) is 0 Å². The minimum absolute atomic E-state index is 0.117. The Morgan fingerprint density at radius 3 is 2.41 bits per heavy atom. The summed E-state index contributed by atoms with van der Waals surface area (Å²) in [6.07, 6.45) is 0.296. The highest BCUT2D eigenvalue weighted by Gasteiger charge is 2.29. The van der Waals surface area contributed by atoms with E-state index in [0.717, 1.165) is 5.56 Å². The van der Waals surface area contributed by atoms with E-state index in [1.165, 1.54) is 0 Å². The molecule has 0 aliphatic rings. The lowest BCUT2D eigenvalue weighted by Gasteiger charge is -2.31. The van der Waals surface area contributed by atoms with Gasteiger partial charge in [-0.2, -0.15) is 0 Å². The molecule has 4 heteroatoms. The van der Waals surface area contributed by atoms with Crippen LogP contribution in [0, 0.1) is 0 Å². The average Bonchev–Trinajstić information content (AvgIpc) is 2.24. The predicted octanol–water partition coefficient (Wildman–Crippen LogP) is 3.45. The zero-order valence-corrected chi connectivity index (χ0v) is 12.1. The smallest absolute Gasteiger partial charge is 0.156 e. The minimum Gasteiger partial charge on any atom is -0.298 e. The molecular weight excluding hydrogens is 257 g/mol. The molecule has 1 aromatic rings. The third-order valence-electron chi connectivity index (χ3n) is 3.18. The molecule has 0 unspecified atom stereocenters. The van der Waals surface area contributed by atoms with Crippen molar-refractivity contribution in [1.29, 1.82) is 0 Å². The fraction of sp³-hybridized carbons (Fsp3) is 0.462. The highest BCUT2D eigenvalue weighted by Crippen LogP contribution is 2.27. The van der Waals surface area contributed by atoms with Crippen LogP contribution in [-0.4, -0.2) is 30.3 Å². The fourth-order valence-electron chi connectivity index (χ4n) is 1.32. The van der Waals surface area contributed by atoms with Crippen LogP contribution < -0.4 is 0 Å². The summed E-state index contributed by atoms with van der Waals surface area (Å²) in [7, 11) is 3.77. The number of nitrogens with zero attached hydrogens (tertiary/aromatic N) is 1. The first kappa shape index (κ1) is 14.5. The number of hydrogen-bond donors (Lipinski definition) is 0. The number of benzene rings is 1. The van der Waals surface area contributed by atoms with E-state index in [-0.39, 0.29) is 5.78 Å². The molecule has 0 aliphatic heterocycles. The number of Topliss-reactive ketones (excluding diaryl/α,β-unsaturated/α-hetero) is 1. The summed E-state index contributed by atoms with van der Waals surface area (Å²) >= 11 is 12.0. The molecule has 0 aliphatic carbocycles. The SMILES string of the molecule is CN(C)C(C)(C)C(=O)Cc1cccc(Cl)c1Cl. The summed E-state index contributed by atoms with van der Waals surface area (Å²) in [6, 6.07) is 5.35. The monoisotopic (exact) mass is 273 g/mol. The van der Waals surface area contributed by atoms with Crippen LogP contribution in [0.2, 0.25) is 10.0 Å². The van der Waals surface area contributed by atoms with Gasteiger partial charge in [-0.15, -0.1) is 0 Å². The number of carbonyl (C=O) groups is 1. The molecule has 1 rings (SSSR count). The second-order valence-corrected chi connectivity index (χ2v) is 5.55. The number of ketones is 1. The summed E-state index contributed by atoms with van der Waals surface area (Å²) < 4.78 is 0. The summed E-state index contributed by atoms with van der Waals surface area (Å²) in [5.41, 5.74) is 0.269. The topological polar surface area (TPSA) is 20.3 Å². The van der Waals surface area contributed by atoms with Crippen molar-refractivity contribution in [3.63, 3.8) is 0 Å². The lowest BCUT2D eigenvalue weighted by atomic mass is 9.92. The van der Waals surface area contributed by atoms with Crippen molar-refractivity contribution in [2.45, 2.75) is 25.8 Å². The molecular formula is C13H17Cl2NO. The van der Waals surface area contributed by atoms with E-state index >= 15 is 0 Å². The normalized spacial score (nSPS) is 11.9. The van der Waals surface area contributed by atoms with E-state index < -0.39 is 5.54 Å². The van der Waals surface area contributed by atoms with Gasteiger partial charge in [0.05, 0.1) is 15.6 Å². The van der Waals surface area contributed by atoms with Gasteiger partial charge in [-0.3, -0.25) is 9.69 Å². The molecule has 0 amide bonds. The van der Waals surface area contributed by atoms with Gasteiger partial charge in [0, 0.05) is 6.42 Å². The zero-order chi connectivity index (χ0) is 13.2. The molecule has 0 bridgehead atoms. The van der Waals surface area contributed by atoms with E-state index in [9.17, 15) is 4.79 Å². The minimum atomic E-state index is -0.508. The zero-order valence-electron chi connectivity index (χ0n) is 10.6. The van der Waals surface area contributed by atoms with Crippen LogP contribution in [0.25, 0.3) is 0 Å². The molecule has 0 radical (unpaired) electrons. The van der Waals surface area contributed by atoms with Gasteiger partial charge in [-0.1, -0.05) is 35.3 Å². The van der Waals surface area contributed by atoms with Crippen molar-refractivity contribution in [3.05, 3.63) is 33.8 Å². The quantitative estimate of drug-likeness (QED) is 0.838. The number of hydrogen-bond acceptors (Lipinski definition) is 2.